The van der Waals surface area contributed by atoms with Gasteiger partial charge in [-0.15, -0.1) is 0 Å². The fourth-order valence-electron chi connectivity index (χ4n) is 1.17. The average Bonchev–Trinajstić information content (AvgIpc) is 2.18. The molecule has 0 bridgehead atoms. The maximum absolute atomic E-state index is 5.21. The van der Waals surface area contributed by atoms with Gasteiger partial charge in [0.05, 0.1) is 0 Å². The fraction of sp³-hybridized carbons (Fsp3) is 0.625. The van der Waals surface area contributed by atoms with Crippen LogP contribution in [0, 0.1) is 0 Å². The third-order valence-electron chi connectivity index (χ3n) is 1.75. The van der Waals surface area contributed by atoms with Crippen molar-refractivity contribution in [3.8, 4) is 0 Å². The van der Waals surface area contributed by atoms with Crippen LogP contribution in [0.15, 0.2) is 11.8 Å². The van der Waals surface area contributed by atoms with Gasteiger partial charge in [-0.05, 0) is 6.42 Å². The molecule has 11 heavy (non-hydrogen) atoms. The number of rotatable bonds is 1. The van der Waals surface area contributed by atoms with Crippen molar-refractivity contribution in [2.45, 2.75) is 6.42 Å². The van der Waals surface area contributed by atoms with Crippen molar-refractivity contribution in [3.63, 3.8) is 0 Å². The Morgan fingerprint density at radius 3 is 2.55 bits per heavy atom. The van der Waals surface area contributed by atoms with E-state index in [1.165, 1.54) is 5.57 Å². The van der Waals surface area contributed by atoms with Gasteiger partial charge >= 0.3 is 0 Å². The molecule has 1 aliphatic rings. The molecule has 0 amide bonds. The number of hydrogen-bond donors (Lipinski definition) is 0. The van der Waals surface area contributed by atoms with E-state index in [-0.39, 0.29) is 0 Å². The second kappa shape index (κ2) is 3.22. The van der Waals surface area contributed by atoms with Crippen LogP contribution in [-0.4, -0.2) is 42.5 Å². The molecule has 1 rings (SSSR count). The van der Waals surface area contributed by atoms with Crippen LogP contribution in [0.25, 0.3) is 0 Å². The van der Waals surface area contributed by atoms with Crippen LogP contribution < -0.4 is 0 Å². The van der Waals surface area contributed by atoms with Crippen LogP contribution in [-0.2, 0) is 0 Å². The van der Waals surface area contributed by atoms with Crippen molar-refractivity contribution >= 4 is 17.2 Å². The van der Waals surface area contributed by atoms with E-state index in [0.29, 0.717) is 0 Å². The Hall–Kier alpha value is -0.570. The zero-order valence-corrected chi connectivity index (χ0v) is 8.11. The molecule has 3 heteroatoms. The highest BCUT2D eigenvalue weighted by molar-refractivity contribution is 7.80. The van der Waals surface area contributed by atoms with Crippen LogP contribution in [0.3, 0.4) is 0 Å². The maximum atomic E-state index is 5.21. The number of nitrogens with zero attached hydrogens (tertiary/aromatic N) is 2. The van der Waals surface area contributed by atoms with Crippen molar-refractivity contribution < 1.29 is 0 Å². The first-order valence-corrected chi connectivity index (χ1v) is 4.14. The van der Waals surface area contributed by atoms with E-state index < -0.39 is 0 Å². The molecule has 1 heterocycles. The quantitative estimate of drug-likeness (QED) is 0.430. The molecule has 0 N–H and O–H groups in total. The Bertz CT molecular complexity index is 196. The Labute approximate surface area is 73.5 Å². The second-order valence-corrected chi connectivity index (χ2v) is 3.48. The summed E-state index contributed by atoms with van der Waals surface area (Å²) in [5.41, 5.74) is 1.28. The fourth-order valence-corrected chi connectivity index (χ4v) is 1.42. The molecule has 0 radical (unpaired) electrons. The zero-order valence-electron chi connectivity index (χ0n) is 7.29. The number of likely N-dealkylation sites (N-methyl/N-ethyl adjacent to an activating group) is 1. The number of likely N-dealkylation sites (tertiary alicyclic amines) is 1. The summed E-state index contributed by atoms with van der Waals surface area (Å²) in [5, 5.41) is 0. The van der Waals surface area contributed by atoms with Gasteiger partial charge in [0, 0.05) is 39.5 Å². The Kier molecular flexibility index (Phi) is 2.49. The monoisotopic (exact) mass is 170 g/mol. The van der Waals surface area contributed by atoms with E-state index >= 15 is 0 Å². The Balaban J connectivity index is 2.69. The third kappa shape index (κ3) is 1.93. The van der Waals surface area contributed by atoms with Crippen LogP contribution in [0.1, 0.15) is 6.42 Å². The van der Waals surface area contributed by atoms with Crippen molar-refractivity contribution in [1.29, 1.82) is 0 Å². The molecule has 0 atom stereocenters. The molecular weight excluding hydrogens is 156 g/mol. The van der Waals surface area contributed by atoms with E-state index in [1.54, 1.807) is 0 Å². The van der Waals surface area contributed by atoms with Crippen molar-refractivity contribution in [2.75, 3.05) is 27.7 Å². The molecule has 0 spiro atoms. The average molecular weight is 170 g/mol. The van der Waals surface area contributed by atoms with Gasteiger partial charge in [0.15, 0.2) is 0 Å². The molecule has 2 nitrogen and oxygen atoms in total. The summed E-state index contributed by atoms with van der Waals surface area (Å²) in [4.78, 5) is 5.16. The second-order valence-electron chi connectivity index (χ2n) is 3.09. The SMILES string of the molecule is CN(C)/C=C1\CCN(C)C1=S. The topological polar surface area (TPSA) is 6.48 Å². The number of hydrogen-bond acceptors (Lipinski definition) is 2. The lowest BCUT2D eigenvalue weighted by molar-refractivity contribution is 0.553. The normalized spacial score (nSPS) is 21.5. The highest BCUT2D eigenvalue weighted by Gasteiger charge is 2.17. The van der Waals surface area contributed by atoms with Gasteiger partial charge in [-0.3, -0.25) is 0 Å². The predicted molar refractivity (Wildman–Crippen MR) is 51.6 cm³/mol. The van der Waals surface area contributed by atoms with Gasteiger partial charge in [0.2, 0.25) is 0 Å². The lowest BCUT2D eigenvalue weighted by Gasteiger charge is -2.10. The van der Waals surface area contributed by atoms with Crippen LogP contribution >= 0.6 is 12.2 Å². The lowest BCUT2D eigenvalue weighted by atomic mass is 10.2. The van der Waals surface area contributed by atoms with E-state index in [4.69, 9.17) is 12.2 Å². The van der Waals surface area contributed by atoms with Gasteiger partial charge in [-0.25, -0.2) is 0 Å². The highest BCUT2D eigenvalue weighted by Crippen LogP contribution is 2.16. The predicted octanol–water partition coefficient (Wildman–Crippen LogP) is 1.09. The Morgan fingerprint density at radius 1 is 1.55 bits per heavy atom. The van der Waals surface area contributed by atoms with Crippen molar-refractivity contribution in [1.82, 2.24) is 9.80 Å². The molecule has 1 fully saturated rings. The first kappa shape index (κ1) is 8.53. The van der Waals surface area contributed by atoms with Crippen molar-refractivity contribution in [3.05, 3.63) is 11.8 Å². The van der Waals surface area contributed by atoms with Gasteiger partial charge in [-0.2, -0.15) is 0 Å². The third-order valence-corrected chi connectivity index (χ3v) is 2.33. The molecule has 0 aromatic heterocycles. The Morgan fingerprint density at radius 2 is 2.18 bits per heavy atom. The molecule has 0 unspecified atom stereocenters. The maximum Gasteiger partial charge on any atom is 0.106 e. The summed E-state index contributed by atoms with van der Waals surface area (Å²) in [6, 6.07) is 0. The van der Waals surface area contributed by atoms with Gasteiger partial charge in [-0.1, -0.05) is 12.2 Å². The minimum atomic E-state index is 0.999. The van der Waals surface area contributed by atoms with E-state index in [1.807, 2.05) is 26.0 Å². The first-order chi connectivity index (χ1) is 5.11. The largest absolute Gasteiger partial charge is 0.383 e. The van der Waals surface area contributed by atoms with Gasteiger partial charge in [0.1, 0.15) is 4.99 Å². The molecular formula is C8H14N2S. The van der Waals surface area contributed by atoms with Gasteiger partial charge in [0.25, 0.3) is 0 Å². The molecule has 1 aliphatic heterocycles. The number of thiocarbonyl (C=S) groups is 1. The highest BCUT2D eigenvalue weighted by atomic mass is 32.1. The van der Waals surface area contributed by atoms with Crippen LogP contribution in [0.5, 0.6) is 0 Å². The summed E-state index contributed by atoms with van der Waals surface area (Å²) in [7, 11) is 6.08. The molecule has 62 valence electrons. The summed E-state index contributed by atoms with van der Waals surface area (Å²) < 4.78 is 0. The molecule has 0 saturated carbocycles. The van der Waals surface area contributed by atoms with Crippen LogP contribution in [0.4, 0.5) is 0 Å². The van der Waals surface area contributed by atoms with Crippen molar-refractivity contribution in [2.24, 2.45) is 0 Å². The first-order valence-electron chi connectivity index (χ1n) is 3.74. The summed E-state index contributed by atoms with van der Waals surface area (Å²) in [5.74, 6) is 0. The molecule has 0 aromatic rings. The zero-order chi connectivity index (χ0) is 8.43. The minimum absolute atomic E-state index is 0.999. The van der Waals surface area contributed by atoms with E-state index in [9.17, 15) is 0 Å². The summed E-state index contributed by atoms with van der Waals surface area (Å²) in [6.45, 7) is 1.07. The van der Waals surface area contributed by atoms with E-state index in [0.717, 1.165) is 18.0 Å². The molecule has 1 saturated heterocycles. The van der Waals surface area contributed by atoms with E-state index in [2.05, 4.69) is 11.1 Å². The summed E-state index contributed by atoms with van der Waals surface area (Å²) >= 11 is 5.21. The summed E-state index contributed by atoms with van der Waals surface area (Å²) in [6.07, 6.45) is 3.19. The standard InChI is InChI=1S/C8H14N2S/c1-9(2)6-7-4-5-10(3)8(7)11/h6H,4-5H2,1-3H3/b7-6+. The lowest BCUT2D eigenvalue weighted by Crippen LogP contribution is -2.17. The molecule has 0 aliphatic carbocycles. The molecule has 0 aromatic carbocycles. The van der Waals surface area contributed by atoms with Gasteiger partial charge < -0.3 is 9.80 Å². The smallest absolute Gasteiger partial charge is 0.106 e. The minimum Gasteiger partial charge on any atom is -0.383 e. The van der Waals surface area contributed by atoms with Crippen LogP contribution in [0.2, 0.25) is 0 Å².